The standard InChI is InChI=1S/C41H72O6/c1-8-10-12-14-16-18-20-22-24-26-28-46-38(43)32-40(3,4)34-31-37(45-7)35(30-36(34)42)41(5,6)33-39(44)47-29-27-25-23-21-19-17-15-13-11-9-2/h30-31,42H,8-29,32-33H2,1-7H3. The van der Waals surface area contributed by atoms with Gasteiger partial charge in [-0.15, -0.1) is 0 Å². The molecular formula is C41H72O6. The number of methoxy groups -OCH3 is 1. The second-order valence-electron chi connectivity index (χ2n) is 15.0. The minimum absolute atomic E-state index is 0.0834. The number of ether oxygens (including phenoxy) is 3. The molecule has 0 aromatic heterocycles. The van der Waals surface area contributed by atoms with Gasteiger partial charge in [0.15, 0.2) is 0 Å². The molecule has 0 fully saturated rings. The van der Waals surface area contributed by atoms with E-state index in [4.69, 9.17) is 14.2 Å². The maximum atomic E-state index is 12.8. The van der Waals surface area contributed by atoms with Crippen LogP contribution in [0.5, 0.6) is 11.5 Å². The van der Waals surface area contributed by atoms with Crippen LogP contribution in [0.4, 0.5) is 0 Å². The Balaban J connectivity index is 2.51. The number of benzene rings is 1. The minimum Gasteiger partial charge on any atom is -0.508 e. The fraction of sp³-hybridized carbons (Fsp3) is 0.805. The molecule has 47 heavy (non-hydrogen) atoms. The van der Waals surface area contributed by atoms with Gasteiger partial charge >= 0.3 is 11.9 Å². The molecule has 0 aliphatic carbocycles. The van der Waals surface area contributed by atoms with Crippen molar-refractivity contribution in [1.29, 1.82) is 0 Å². The van der Waals surface area contributed by atoms with Gasteiger partial charge in [0.1, 0.15) is 11.5 Å². The average Bonchev–Trinajstić information content (AvgIpc) is 3.01. The molecule has 0 unspecified atom stereocenters. The van der Waals surface area contributed by atoms with Crippen LogP contribution in [0.2, 0.25) is 0 Å². The lowest BCUT2D eigenvalue weighted by Crippen LogP contribution is -2.26. The van der Waals surface area contributed by atoms with E-state index < -0.39 is 10.8 Å². The zero-order valence-electron chi connectivity index (χ0n) is 31.6. The normalized spacial score (nSPS) is 11.9. The quantitative estimate of drug-likeness (QED) is 0.0680. The summed E-state index contributed by atoms with van der Waals surface area (Å²) in [4.78, 5) is 25.5. The summed E-state index contributed by atoms with van der Waals surface area (Å²) in [6.07, 6.45) is 25.0. The van der Waals surface area contributed by atoms with E-state index in [1.54, 1.807) is 19.2 Å². The van der Waals surface area contributed by atoms with Crippen LogP contribution in [0.15, 0.2) is 12.1 Å². The number of hydrogen-bond acceptors (Lipinski definition) is 6. The van der Waals surface area contributed by atoms with Crippen molar-refractivity contribution in [3.8, 4) is 11.5 Å². The number of phenols is 1. The molecule has 0 spiro atoms. The maximum absolute atomic E-state index is 12.8. The van der Waals surface area contributed by atoms with Crippen LogP contribution in [0.1, 0.15) is 194 Å². The van der Waals surface area contributed by atoms with Crippen LogP contribution in [0.3, 0.4) is 0 Å². The SMILES string of the molecule is CCCCCCCCCCCCOC(=O)CC(C)(C)c1cc(OC)c(C(C)(C)CC(=O)OCCCCCCCCCCCC)cc1O. The molecule has 0 radical (unpaired) electrons. The van der Waals surface area contributed by atoms with Gasteiger partial charge in [-0.3, -0.25) is 9.59 Å². The van der Waals surface area contributed by atoms with E-state index in [0.29, 0.717) is 24.5 Å². The minimum atomic E-state index is -0.664. The van der Waals surface area contributed by atoms with Crippen LogP contribution >= 0.6 is 0 Å². The monoisotopic (exact) mass is 661 g/mol. The van der Waals surface area contributed by atoms with Crippen molar-refractivity contribution < 1.29 is 28.9 Å². The van der Waals surface area contributed by atoms with E-state index in [9.17, 15) is 14.7 Å². The van der Waals surface area contributed by atoms with E-state index >= 15 is 0 Å². The van der Waals surface area contributed by atoms with Gasteiger partial charge in [-0.2, -0.15) is 0 Å². The highest BCUT2D eigenvalue weighted by atomic mass is 16.5. The Morgan fingerprint density at radius 3 is 1.26 bits per heavy atom. The number of phenolic OH excluding ortho intramolecular Hbond substituents is 1. The first-order valence-electron chi connectivity index (χ1n) is 19.2. The average molecular weight is 661 g/mol. The summed E-state index contributed by atoms with van der Waals surface area (Å²) in [6.45, 7) is 13.1. The van der Waals surface area contributed by atoms with Crippen molar-refractivity contribution >= 4 is 11.9 Å². The highest BCUT2D eigenvalue weighted by Crippen LogP contribution is 2.43. The van der Waals surface area contributed by atoms with Gasteiger partial charge in [-0.25, -0.2) is 0 Å². The summed E-state index contributed by atoms with van der Waals surface area (Å²) < 4.78 is 16.9. The van der Waals surface area contributed by atoms with Crippen LogP contribution < -0.4 is 4.74 Å². The van der Waals surface area contributed by atoms with Crippen LogP contribution in [-0.2, 0) is 29.9 Å². The Labute approximate surface area is 289 Å². The van der Waals surface area contributed by atoms with Crippen LogP contribution in [0.25, 0.3) is 0 Å². The molecule has 0 heterocycles. The Kier molecular flexibility index (Phi) is 22.6. The van der Waals surface area contributed by atoms with E-state index in [0.717, 1.165) is 31.2 Å². The largest absolute Gasteiger partial charge is 0.508 e. The molecule has 1 rings (SSSR count). The zero-order valence-corrected chi connectivity index (χ0v) is 31.6. The Morgan fingerprint density at radius 2 is 0.894 bits per heavy atom. The van der Waals surface area contributed by atoms with E-state index in [1.807, 2.05) is 27.7 Å². The first-order chi connectivity index (χ1) is 22.5. The highest BCUT2D eigenvalue weighted by molar-refractivity contribution is 5.73. The molecule has 272 valence electrons. The topological polar surface area (TPSA) is 82.1 Å². The Morgan fingerprint density at radius 1 is 0.553 bits per heavy atom. The molecule has 6 heteroatoms. The smallest absolute Gasteiger partial charge is 0.306 e. The van der Waals surface area contributed by atoms with Gasteiger partial charge in [-0.1, -0.05) is 157 Å². The van der Waals surface area contributed by atoms with Crippen molar-refractivity contribution in [2.75, 3.05) is 20.3 Å². The first-order valence-corrected chi connectivity index (χ1v) is 19.2. The molecule has 1 N–H and O–H groups in total. The molecule has 0 bridgehead atoms. The third kappa shape index (κ3) is 18.8. The third-order valence-corrected chi connectivity index (χ3v) is 9.47. The molecule has 0 aliphatic rings. The first kappa shape index (κ1) is 42.8. The maximum Gasteiger partial charge on any atom is 0.306 e. The lowest BCUT2D eigenvalue weighted by molar-refractivity contribution is -0.146. The summed E-state index contributed by atoms with van der Waals surface area (Å²) >= 11 is 0. The number of unbranched alkanes of at least 4 members (excludes halogenated alkanes) is 18. The Bertz CT molecular complexity index is 982. The third-order valence-electron chi connectivity index (χ3n) is 9.47. The second kappa shape index (κ2) is 24.8. The molecule has 1 aromatic carbocycles. The van der Waals surface area contributed by atoms with Gasteiger partial charge in [-0.05, 0) is 25.0 Å². The summed E-state index contributed by atoms with van der Waals surface area (Å²) in [5.74, 6) is 0.151. The molecule has 6 nitrogen and oxygen atoms in total. The summed E-state index contributed by atoms with van der Waals surface area (Å²) in [7, 11) is 1.59. The van der Waals surface area contributed by atoms with Crippen molar-refractivity contribution in [1.82, 2.24) is 0 Å². The number of esters is 2. The molecule has 0 saturated heterocycles. The van der Waals surface area contributed by atoms with Crippen molar-refractivity contribution in [3.05, 3.63) is 23.3 Å². The predicted octanol–water partition coefficient (Wildman–Crippen LogP) is 11.7. The van der Waals surface area contributed by atoms with Crippen molar-refractivity contribution in [2.24, 2.45) is 0 Å². The summed E-state index contributed by atoms with van der Waals surface area (Å²) in [6, 6.07) is 3.48. The molecular weight excluding hydrogens is 588 g/mol. The van der Waals surface area contributed by atoms with Crippen molar-refractivity contribution in [3.63, 3.8) is 0 Å². The molecule has 0 amide bonds. The zero-order chi connectivity index (χ0) is 35.0. The summed E-state index contributed by atoms with van der Waals surface area (Å²) in [5.41, 5.74) is 0.0711. The van der Waals surface area contributed by atoms with Gasteiger partial charge < -0.3 is 19.3 Å². The lowest BCUT2D eigenvalue weighted by atomic mass is 9.76. The number of rotatable bonds is 29. The second-order valence-corrected chi connectivity index (χ2v) is 15.0. The molecule has 0 saturated carbocycles. The lowest BCUT2D eigenvalue weighted by Gasteiger charge is -2.30. The van der Waals surface area contributed by atoms with E-state index in [-0.39, 0.29) is 30.5 Å². The number of hydrogen-bond donors (Lipinski definition) is 1. The molecule has 1 aromatic rings. The Hall–Kier alpha value is -2.24. The van der Waals surface area contributed by atoms with E-state index in [2.05, 4.69) is 13.8 Å². The van der Waals surface area contributed by atoms with E-state index in [1.165, 1.54) is 103 Å². The van der Waals surface area contributed by atoms with Gasteiger partial charge in [0, 0.05) is 22.0 Å². The number of carbonyl (C=O) groups is 2. The number of aromatic hydroxyl groups is 1. The van der Waals surface area contributed by atoms with Gasteiger partial charge in [0.25, 0.3) is 0 Å². The van der Waals surface area contributed by atoms with Gasteiger partial charge in [0.2, 0.25) is 0 Å². The van der Waals surface area contributed by atoms with Crippen molar-refractivity contribution in [2.45, 2.75) is 194 Å². The summed E-state index contributed by atoms with van der Waals surface area (Å²) in [5, 5.41) is 11.1. The molecule has 0 atom stereocenters. The van der Waals surface area contributed by atoms with Gasteiger partial charge in [0.05, 0.1) is 33.2 Å². The highest BCUT2D eigenvalue weighted by Gasteiger charge is 2.33. The van der Waals surface area contributed by atoms with Crippen LogP contribution in [0, 0.1) is 0 Å². The van der Waals surface area contributed by atoms with Crippen LogP contribution in [-0.4, -0.2) is 37.4 Å². The fourth-order valence-electron chi connectivity index (χ4n) is 6.37. The molecule has 0 aliphatic heterocycles. The fourth-order valence-corrected chi connectivity index (χ4v) is 6.37. The number of carbonyl (C=O) groups excluding carboxylic acids is 2. The predicted molar refractivity (Wildman–Crippen MR) is 196 cm³/mol.